The van der Waals surface area contributed by atoms with Gasteiger partial charge in [0, 0.05) is 37.4 Å². The number of ether oxygens (including phenoxy) is 3. The highest BCUT2D eigenvalue weighted by atomic mass is 32.2. The highest BCUT2D eigenvalue weighted by Gasteiger charge is 2.19. The molecule has 0 saturated heterocycles. The molecule has 0 fully saturated rings. The quantitative estimate of drug-likeness (QED) is 0.667. The van der Waals surface area contributed by atoms with E-state index in [1.165, 1.54) is 19.2 Å². The fraction of sp³-hybridized carbons (Fsp3) is 0.350. The molecule has 2 aromatic carbocycles. The van der Waals surface area contributed by atoms with Crippen LogP contribution in [0.25, 0.3) is 0 Å². The summed E-state index contributed by atoms with van der Waals surface area (Å²) >= 11 is 0. The Hall–Kier alpha value is -2.62. The molecule has 9 heteroatoms. The van der Waals surface area contributed by atoms with E-state index >= 15 is 0 Å². The zero-order valence-electron chi connectivity index (χ0n) is 16.4. The Labute approximate surface area is 170 Å². The van der Waals surface area contributed by atoms with E-state index in [0.29, 0.717) is 36.0 Å². The summed E-state index contributed by atoms with van der Waals surface area (Å²) in [6.07, 6.45) is 0.787. The number of fused-ring (bicyclic) bond motifs is 1. The van der Waals surface area contributed by atoms with E-state index in [1.54, 1.807) is 31.2 Å². The second-order valence-corrected chi connectivity index (χ2v) is 8.30. The summed E-state index contributed by atoms with van der Waals surface area (Å²) in [7, 11) is -2.25. The van der Waals surface area contributed by atoms with Gasteiger partial charge in [-0.25, -0.2) is 13.1 Å². The lowest BCUT2D eigenvalue weighted by atomic mass is 10.1. The van der Waals surface area contributed by atoms with Crippen molar-refractivity contribution < 1.29 is 27.4 Å². The number of hydrogen-bond acceptors (Lipinski definition) is 6. The van der Waals surface area contributed by atoms with Crippen LogP contribution in [0, 0.1) is 6.92 Å². The van der Waals surface area contributed by atoms with Crippen molar-refractivity contribution in [3.05, 3.63) is 47.5 Å². The number of rotatable bonds is 7. The number of methoxy groups -OCH3 is 1. The van der Waals surface area contributed by atoms with Gasteiger partial charge in [-0.15, -0.1) is 0 Å². The molecule has 1 amide bonds. The average Bonchev–Trinajstić information content (AvgIpc) is 2.93. The number of benzene rings is 2. The molecule has 2 aromatic rings. The van der Waals surface area contributed by atoms with Crippen molar-refractivity contribution in [3.63, 3.8) is 0 Å². The molecule has 156 valence electrons. The summed E-state index contributed by atoms with van der Waals surface area (Å²) in [6.45, 7) is 3.27. The molecule has 2 N–H and O–H groups in total. The Morgan fingerprint density at radius 1 is 1.10 bits per heavy atom. The van der Waals surface area contributed by atoms with Crippen molar-refractivity contribution in [1.82, 2.24) is 4.72 Å². The number of sulfonamides is 1. The highest BCUT2D eigenvalue weighted by Crippen LogP contribution is 2.32. The summed E-state index contributed by atoms with van der Waals surface area (Å²) in [6, 6.07) is 9.59. The maximum atomic E-state index is 12.8. The van der Waals surface area contributed by atoms with Crippen LogP contribution in [0.15, 0.2) is 41.3 Å². The number of anilines is 1. The third kappa shape index (κ3) is 5.26. The van der Waals surface area contributed by atoms with Gasteiger partial charge >= 0.3 is 0 Å². The van der Waals surface area contributed by atoms with Crippen LogP contribution in [0.3, 0.4) is 0 Å². The minimum absolute atomic E-state index is 0.0167. The van der Waals surface area contributed by atoms with Crippen molar-refractivity contribution in [2.75, 3.05) is 38.8 Å². The lowest BCUT2D eigenvalue weighted by molar-refractivity contribution is 0.102. The summed E-state index contributed by atoms with van der Waals surface area (Å²) in [4.78, 5) is 12.8. The summed E-state index contributed by atoms with van der Waals surface area (Å²) in [5, 5.41) is 2.79. The molecule has 1 aliphatic rings. The smallest absolute Gasteiger partial charge is 0.255 e. The van der Waals surface area contributed by atoms with E-state index in [2.05, 4.69) is 10.0 Å². The summed E-state index contributed by atoms with van der Waals surface area (Å²) in [5.41, 5.74) is 1.46. The van der Waals surface area contributed by atoms with Crippen LogP contribution in [0.4, 0.5) is 5.69 Å². The molecule has 0 spiro atoms. The van der Waals surface area contributed by atoms with Crippen LogP contribution in [-0.4, -0.2) is 47.8 Å². The average molecular weight is 420 g/mol. The van der Waals surface area contributed by atoms with Crippen LogP contribution in [0.2, 0.25) is 0 Å². The van der Waals surface area contributed by atoms with Gasteiger partial charge in [-0.3, -0.25) is 4.79 Å². The lowest BCUT2D eigenvalue weighted by Crippen LogP contribution is -2.27. The third-order valence-electron chi connectivity index (χ3n) is 4.37. The number of aryl methyl sites for hydroxylation is 1. The van der Waals surface area contributed by atoms with Gasteiger partial charge in [-0.2, -0.15) is 0 Å². The van der Waals surface area contributed by atoms with Gasteiger partial charge in [0.05, 0.1) is 24.7 Å². The van der Waals surface area contributed by atoms with Crippen molar-refractivity contribution >= 4 is 21.6 Å². The minimum Gasteiger partial charge on any atom is -0.490 e. The fourth-order valence-electron chi connectivity index (χ4n) is 2.81. The van der Waals surface area contributed by atoms with Crippen molar-refractivity contribution in [2.24, 2.45) is 0 Å². The maximum absolute atomic E-state index is 12.8. The van der Waals surface area contributed by atoms with Gasteiger partial charge in [0.2, 0.25) is 10.0 Å². The molecule has 0 radical (unpaired) electrons. The lowest BCUT2D eigenvalue weighted by Gasteiger charge is -2.13. The number of carbonyl (C=O) groups excluding carboxylic acids is 1. The van der Waals surface area contributed by atoms with Gasteiger partial charge in [-0.1, -0.05) is 6.07 Å². The molecule has 0 unspecified atom stereocenters. The van der Waals surface area contributed by atoms with Crippen LogP contribution in [-0.2, 0) is 14.8 Å². The molecule has 0 bridgehead atoms. The zero-order chi connectivity index (χ0) is 20.9. The first-order valence-corrected chi connectivity index (χ1v) is 10.7. The predicted octanol–water partition coefficient (Wildman–Crippen LogP) is 2.33. The van der Waals surface area contributed by atoms with E-state index in [4.69, 9.17) is 14.2 Å². The van der Waals surface area contributed by atoms with Crippen molar-refractivity contribution in [3.8, 4) is 11.5 Å². The molecule has 3 rings (SSSR count). The van der Waals surface area contributed by atoms with Crippen LogP contribution in [0.1, 0.15) is 22.3 Å². The number of amides is 1. The molecular weight excluding hydrogens is 396 g/mol. The molecule has 1 aliphatic heterocycles. The minimum atomic E-state index is -3.74. The van der Waals surface area contributed by atoms with Gasteiger partial charge in [0.1, 0.15) is 0 Å². The molecule has 0 aliphatic carbocycles. The second kappa shape index (κ2) is 9.25. The van der Waals surface area contributed by atoms with E-state index < -0.39 is 15.9 Å². The highest BCUT2D eigenvalue weighted by molar-refractivity contribution is 7.89. The molecule has 1 heterocycles. The van der Waals surface area contributed by atoms with Gasteiger partial charge in [0.25, 0.3) is 5.91 Å². The first-order valence-electron chi connectivity index (χ1n) is 9.21. The monoisotopic (exact) mass is 420 g/mol. The standard InChI is InChI=1S/C20H24N2O6S/c1-14-4-6-16(29(24,25)21-8-11-26-2)13-17(14)20(23)22-15-5-7-18-19(12-15)28-10-3-9-27-18/h4-7,12-13,21H,3,8-11H2,1-2H3,(H,22,23). The van der Waals surface area contributed by atoms with Gasteiger partial charge < -0.3 is 19.5 Å². The van der Waals surface area contributed by atoms with E-state index in [0.717, 1.165) is 6.42 Å². The Balaban J connectivity index is 1.80. The first-order chi connectivity index (χ1) is 13.9. The molecule has 29 heavy (non-hydrogen) atoms. The van der Waals surface area contributed by atoms with Gasteiger partial charge in [-0.05, 0) is 36.8 Å². The number of carbonyl (C=O) groups is 1. The summed E-state index contributed by atoms with van der Waals surface area (Å²) < 4.78 is 43.3. The number of nitrogens with one attached hydrogen (secondary N) is 2. The van der Waals surface area contributed by atoms with Crippen molar-refractivity contribution in [2.45, 2.75) is 18.2 Å². The Morgan fingerprint density at radius 3 is 2.62 bits per heavy atom. The third-order valence-corrected chi connectivity index (χ3v) is 5.83. The van der Waals surface area contributed by atoms with E-state index in [9.17, 15) is 13.2 Å². The van der Waals surface area contributed by atoms with Crippen molar-refractivity contribution in [1.29, 1.82) is 0 Å². The van der Waals surface area contributed by atoms with Crippen LogP contribution < -0.4 is 19.5 Å². The topological polar surface area (TPSA) is 103 Å². The van der Waals surface area contributed by atoms with Crippen LogP contribution in [0.5, 0.6) is 11.5 Å². The Morgan fingerprint density at radius 2 is 1.86 bits per heavy atom. The fourth-order valence-corrected chi connectivity index (χ4v) is 3.85. The van der Waals surface area contributed by atoms with E-state index in [-0.39, 0.29) is 23.6 Å². The first kappa shape index (κ1) is 21.1. The Kier molecular flexibility index (Phi) is 6.73. The zero-order valence-corrected chi connectivity index (χ0v) is 17.2. The molecule has 0 atom stereocenters. The molecule has 0 aromatic heterocycles. The number of hydrogen-bond donors (Lipinski definition) is 2. The second-order valence-electron chi connectivity index (χ2n) is 6.53. The van der Waals surface area contributed by atoms with Crippen LogP contribution >= 0.6 is 0 Å². The summed E-state index contributed by atoms with van der Waals surface area (Å²) in [5.74, 6) is 0.786. The molecule has 0 saturated carbocycles. The predicted molar refractivity (Wildman–Crippen MR) is 108 cm³/mol. The Bertz CT molecular complexity index is 990. The van der Waals surface area contributed by atoms with E-state index in [1.807, 2.05) is 0 Å². The normalized spacial score (nSPS) is 13.6. The molecule has 8 nitrogen and oxygen atoms in total. The molecular formula is C20H24N2O6S. The van der Waals surface area contributed by atoms with Gasteiger partial charge in [0.15, 0.2) is 11.5 Å². The SMILES string of the molecule is COCCNS(=O)(=O)c1ccc(C)c(C(=O)Nc2ccc3c(c2)OCCCO3)c1. The maximum Gasteiger partial charge on any atom is 0.255 e. The largest absolute Gasteiger partial charge is 0.490 e.